The smallest absolute Gasteiger partial charge is 0.257 e. The van der Waals surface area contributed by atoms with E-state index in [2.05, 4.69) is 15.2 Å². The third kappa shape index (κ3) is 4.85. The van der Waals surface area contributed by atoms with Gasteiger partial charge in [-0.05, 0) is 43.0 Å². The van der Waals surface area contributed by atoms with E-state index in [9.17, 15) is 4.79 Å². The van der Waals surface area contributed by atoms with Gasteiger partial charge in [0.15, 0.2) is 11.7 Å². The number of anilines is 1. The van der Waals surface area contributed by atoms with Gasteiger partial charge in [0.25, 0.3) is 5.91 Å². The summed E-state index contributed by atoms with van der Waals surface area (Å²) in [6.45, 7) is 2.67. The molecule has 1 atom stereocenters. The minimum atomic E-state index is -0.101. The van der Waals surface area contributed by atoms with Crippen molar-refractivity contribution < 1.29 is 9.53 Å². The van der Waals surface area contributed by atoms with Crippen LogP contribution < -0.4 is 15.0 Å². The average molecular weight is 366 g/mol. The summed E-state index contributed by atoms with van der Waals surface area (Å²) in [6, 6.07) is 6.99. The van der Waals surface area contributed by atoms with Crippen molar-refractivity contribution in [1.82, 2.24) is 10.3 Å². The molecule has 128 valence electrons. The quantitative estimate of drug-likeness (QED) is 0.854. The molecule has 1 aliphatic heterocycles. The molecule has 0 bridgehead atoms. The highest BCUT2D eigenvalue weighted by Gasteiger charge is 2.21. The van der Waals surface area contributed by atoms with Crippen LogP contribution in [-0.4, -0.2) is 37.1 Å². The molecule has 7 heteroatoms. The molecule has 0 aliphatic carbocycles. The van der Waals surface area contributed by atoms with Crippen molar-refractivity contribution in [3.8, 4) is 5.75 Å². The number of carbonyl (C=O) groups is 1. The number of piperidine rings is 1. The summed E-state index contributed by atoms with van der Waals surface area (Å²) in [5, 5.41) is 6.67. The number of rotatable bonds is 6. The molecule has 1 aliphatic rings. The Morgan fingerprint density at radius 3 is 3.00 bits per heavy atom. The van der Waals surface area contributed by atoms with E-state index in [0.717, 1.165) is 31.1 Å². The first-order valence-electron chi connectivity index (χ1n) is 8.00. The molecule has 2 heterocycles. The fourth-order valence-electron chi connectivity index (χ4n) is 2.77. The molecule has 1 saturated heterocycles. The van der Waals surface area contributed by atoms with E-state index >= 15 is 0 Å². The van der Waals surface area contributed by atoms with Gasteiger partial charge in [-0.2, -0.15) is 0 Å². The predicted molar refractivity (Wildman–Crippen MR) is 97.0 cm³/mol. The van der Waals surface area contributed by atoms with Gasteiger partial charge in [0.1, 0.15) is 5.75 Å². The maximum absolute atomic E-state index is 12.0. The van der Waals surface area contributed by atoms with Gasteiger partial charge in [0.05, 0.1) is 0 Å². The van der Waals surface area contributed by atoms with Crippen molar-refractivity contribution in [2.24, 2.45) is 5.92 Å². The second kappa shape index (κ2) is 8.35. The van der Waals surface area contributed by atoms with Crippen LogP contribution in [-0.2, 0) is 4.79 Å². The topological polar surface area (TPSA) is 54.5 Å². The molecule has 1 aromatic carbocycles. The average Bonchev–Trinajstić information content (AvgIpc) is 3.14. The Kier molecular flexibility index (Phi) is 5.93. The molecule has 3 rings (SSSR count). The summed E-state index contributed by atoms with van der Waals surface area (Å²) in [4.78, 5) is 18.6. The maximum Gasteiger partial charge on any atom is 0.257 e. The minimum Gasteiger partial charge on any atom is -0.484 e. The number of thiazole rings is 1. The fraction of sp³-hybridized carbons (Fsp3) is 0.412. The third-order valence-corrected chi connectivity index (χ3v) is 5.06. The lowest BCUT2D eigenvalue weighted by molar-refractivity contribution is -0.123. The van der Waals surface area contributed by atoms with Crippen LogP contribution in [0.1, 0.15) is 12.8 Å². The first-order chi connectivity index (χ1) is 11.7. The first-order valence-corrected chi connectivity index (χ1v) is 9.26. The van der Waals surface area contributed by atoms with Gasteiger partial charge in [-0.25, -0.2) is 4.98 Å². The Morgan fingerprint density at radius 1 is 1.42 bits per heavy atom. The van der Waals surface area contributed by atoms with E-state index in [1.807, 2.05) is 11.6 Å². The van der Waals surface area contributed by atoms with Crippen LogP contribution in [0.15, 0.2) is 35.8 Å². The maximum atomic E-state index is 12.0. The summed E-state index contributed by atoms with van der Waals surface area (Å²) in [7, 11) is 0. The SMILES string of the molecule is O=C(COc1ccc(Cl)cc1)NCC1CCCN(c2nccs2)C1. The zero-order chi connectivity index (χ0) is 16.8. The number of nitrogens with zero attached hydrogens (tertiary/aromatic N) is 2. The number of benzene rings is 1. The van der Waals surface area contributed by atoms with Gasteiger partial charge in [-0.15, -0.1) is 11.3 Å². The summed E-state index contributed by atoms with van der Waals surface area (Å²) >= 11 is 7.48. The highest BCUT2D eigenvalue weighted by molar-refractivity contribution is 7.13. The first kappa shape index (κ1) is 17.0. The molecular formula is C17H20ClN3O2S. The number of aromatic nitrogens is 1. The largest absolute Gasteiger partial charge is 0.484 e. The van der Waals surface area contributed by atoms with E-state index in [-0.39, 0.29) is 12.5 Å². The molecule has 24 heavy (non-hydrogen) atoms. The third-order valence-electron chi connectivity index (χ3n) is 3.98. The molecule has 1 unspecified atom stereocenters. The van der Waals surface area contributed by atoms with Gasteiger partial charge in [0, 0.05) is 36.2 Å². The molecule has 1 aromatic heterocycles. The highest BCUT2D eigenvalue weighted by Crippen LogP contribution is 2.24. The number of nitrogens with one attached hydrogen (secondary N) is 1. The van der Waals surface area contributed by atoms with Crippen molar-refractivity contribution in [2.45, 2.75) is 12.8 Å². The van der Waals surface area contributed by atoms with E-state index < -0.39 is 0 Å². The number of halogens is 1. The van der Waals surface area contributed by atoms with Crippen LogP contribution in [0, 0.1) is 5.92 Å². The van der Waals surface area contributed by atoms with Crippen molar-refractivity contribution in [2.75, 3.05) is 31.1 Å². The second-order valence-corrected chi connectivity index (χ2v) is 7.13. The monoisotopic (exact) mass is 365 g/mol. The molecular weight excluding hydrogens is 346 g/mol. The van der Waals surface area contributed by atoms with Gasteiger partial charge < -0.3 is 15.0 Å². The minimum absolute atomic E-state index is 0.0184. The summed E-state index contributed by atoms with van der Waals surface area (Å²) in [5.74, 6) is 0.987. The molecule has 1 N–H and O–H groups in total. The Bertz CT molecular complexity index is 648. The van der Waals surface area contributed by atoms with Gasteiger partial charge in [-0.3, -0.25) is 4.79 Å². The zero-order valence-corrected chi connectivity index (χ0v) is 14.9. The molecule has 1 fully saturated rings. The Morgan fingerprint density at radius 2 is 2.25 bits per heavy atom. The van der Waals surface area contributed by atoms with E-state index in [1.165, 1.54) is 0 Å². The number of ether oxygens (including phenoxy) is 1. The van der Waals surface area contributed by atoms with E-state index in [4.69, 9.17) is 16.3 Å². The predicted octanol–water partition coefficient (Wildman–Crippen LogP) is 3.21. The lowest BCUT2D eigenvalue weighted by atomic mass is 9.98. The lowest BCUT2D eigenvalue weighted by Crippen LogP contribution is -2.41. The summed E-state index contributed by atoms with van der Waals surface area (Å²) in [6.07, 6.45) is 4.08. The second-order valence-electron chi connectivity index (χ2n) is 5.82. The van der Waals surface area contributed by atoms with Gasteiger partial charge in [-0.1, -0.05) is 11.6 Å². The van der Waals surface area contributed by atoms with E-state index in [1.54, 1.807) is 35.6 Å². The molecule has 5 nitrogen and oxygen atoms in total. The van der Waals surface area contributed by atoms with E-state index in [0.29, 0.717) is 23.2 Å². The number of amides is 1. The van der Waals surface area contributed by atoms with Crippen molar-refractivity contribution >= 4 is 34.0 Å². The molecule has 2 aromatic rings. The number of hydrogen-bond donors (Lipinski definition) is 1. The molecule has 0 radical (unpaired) electrons. The highest BCUT2D eigenvalue weighted by atomic mass is 35.5. The van der Waals surface area contributed by atoms with Gasteiger partial charge >= 0.3 is 0 Å². The molecule has 0 spiro atoms. The van der Waals surface area contributed by atoms with Crippen LogP contribution in [0.3, 0.4) is 0 Å². The van der Waals surface area contributed by atoms with Crippen LogP contribution in [0.5, 0.6) is 5.75 Å². The Balaban J connectivity index is 1.40. The standard InChI is InChI=1S/C17H20ClN3O2S/c18-14-3-5-15(6-4-14)23-12-16(22)20-10-13-2-1-8-21(11-13)17-19-7-9-24-17/h3-7,9,13H,1-2,8,10-12H2,(H,20,22). The van der Waals surface area contributed by atoms with Crippen molar-refractivity contribution in [1.29, 1.82) is 0 Å². The molecule has 1 amide bonds. The van der Waals surface area contributed by atoms with Crippen LogP contribution >= 0.6 is 22.9 Å². The summed E-state index contributed by atoms with van der Waals surface area (Å²) < 4.78 is 5.45. The number of hydrogen-bond acceptors (Lipinski definition) is 5. The normalized spacial score (nSPS) is 17.5. The van der Waals surface area contributed by atoms with Crippen LogP contribution in [0.2, 0.25) is 5.02 Å². The fourth-order valence-corrected chi connectivity index (χ4v) is 3.57. The molecule has 0 saturated carbocycles. The van der Waals surface area contributed by atoms with Gasteiger partial charge in [0.2, 0.25) is 0 Å². The zero-order valence-electron chi connectivity index (χ0n) is 13.3. The van der Waals surface area contributed by atoms with Crippen molar-refractivity contribution in [3.63, 3.8) is 0 Å². The Labute approximate surface area is 150 Å². The lowest BCUT2D eigenvalue weighted by Gasteiger charge is -2.32. The Hall–Kier alpha value is -1.79. The van der Waals surface area contributed by atoms with Crippen molar-refractivity contribution in [3.05, 3.63) is 40.9 Å². The van der Waals surface area contributed by atoms with Crippen LogP contribution in [0.4, 0.5) is 5.13 Å². The number of carbonyl (C=O) groups excluding carboxylic acids is 1. The van der Waals surface area contributed by atoms with Crippen LogP contribution in [0.25, 0.3) is 0 Å². The summed E-state index contributed by atoms with van der Waals surface area (Å²) in [5.41, 5.74) is 0.